The minimum atomic E-state index is -0.721. The van der Waals surface area contributed by atoms with Crippen molar-refractivity contribution in [2.45, 2.75) is 0 Å². The second-order valence-corrected chi connectivity index (χ2v) is 1.78. The Bertz CT molecular complexity index is 309. The van der Waals surface area contributed by atoms with Crippen LogP contribution in [0.15, 0.2) is 4.79 Å². The standard InChI is InChI=1S/C4H6N4O2/c1-8-3(2(5)9)6-7-4(8)10/h1H3,(H2,5,9)(H,7,10). The van der Waals surface area contributed by atoms with Gasteiger partial charge in [0.1, 0.15) is 0 Å². The molecule has 0 aliphatic heterocycles. The molecule has 1 rings (SSSR count). The lowest BCUT2D eigenvalue weighted by molar-refractivity contribution is 0.0987. The number of hydrogen-bond acceptors (Lipinski definition) is 3. The molecule has 0 unspecified atom stereocenters. The molecule has 54 valence electrons. The monoisotopic (exact) mass is 142 g/mol. The SMILES string of the molecule is Cn1c(C(N)=O)n[nH]c1=O. The summed E-state index contributed by atoms with van der Waals surface area (Å²) >= 11 is 0. The van der Waals surface area contributed by atoms with E-state index in [9.17, 15) is 9.59 Å². The van der Waals surface area contributed by atoms with Gasteiger partial charge in [-0.2, -0.15) is 0 Å². The van der Waals surface area contributed by atoms with Crippen molar-refractivity contribution in [3.05, 3.63) is 16.3 Å². The Hall–Kier alpha value is -1.59. The van der Waals surface area contributed by atoms with E-state index in [0.717, 1.165) is 4.57 Å². The highest BCUT2D eigenvalue weighted by molar-refractivity contribution is 5.88. The van der Waals surface area contributed by atoms with Gasteiger partial charge < -0.3 is 5.73 Å². The number of nitrogens with one attached hydrogen (secondary N) is 1. The Labute approximate surface area is 55.7 Å². The van der Waals surface area contributed by atoms with Crippen molar-refractivity contribution in [3.8, 4) is 0 Å². The number of nitrogens with two attached hydrogens (primary N) is 1. The zero-order valence-electron chi connectivity index (χ0n) is 5.29. The first-order chi connectivity index (χ1) is 4.63. The van der Waals surface area contributed by atoms with Crippen LogP contribution in [0.1, 0.15) is 10.6 Å². The third-order valence-corrected chi connectivity index (χ3v) is 1.10. The number of hydrogen-bond donors (Lipinski definition) is 2. The molecule has 0 atom stereocenters. The first-order valence-corrected chi connectivity index (χ1v) is 2.54. The normalized spacial score (nSPS) is 9.70. The van der Waals surface area contributed by atoms with Crippen LogP contribution in [-0.2, 0) is 7.05 Å². The zero-order chi connectivity index (χ0) is 7.72. The van der Waals surface area contributed by atoms with Crippen molar-refractivity contribution in [1.29, 1.82) is 0 Å². The average molecular weight is 142 g/mol. The summed E-state index contributed by atoms with van der Waals surface area (Å²) in [4.78, 5) is 21.0. The van der Waals surface area contributed by atoms with Gasteiger partial charge in [0, 0.05) is 7.05 Å². The second-order valence-electron chi connectivity index (χ2n) is 1.78. The fourth-order valence-corrected chi connectivity index (χ4v) is 0.567. The van der Waals surface area contributed by atoms with Crippen molar-refractivity contribution in [2.75, 3.05) is 0 Å². The highest BCUT2D eigenvalue weighted by atomic mass is 16.2. The fraction of sp³-hybridized carbons (Fsp3) is 0.250. The summed E-state index contributed by atoms with van der Waals surface area (Å²) in [6.07, 6.45) is 0. The quantitative estimate of drug-likeness (QED) is 0.484. The van der Waals surface area contributed by atoms with Gasteiger partial charge in [0.25, 0.3) is 5.91 Å². The number of H-pyrrole nitrogens is 1. The molecule has 6 heteroatoms. The number of nitrogens with zero attached hydrogens (tertiary/aromatic N) is 2. The second kappa shape index (κ2) is 1.98. The minimum Gasteiger partial charge on any atom is -0.363 e. The van der Waals surface area contributed by atoms with Crippen molar-refractivity contribution < 1.29 is 4.79 Å². The van der Waals surface area contributed by atoms with Crippen LogP contribution in [-0.4, -0.2) is 20.7 Å². The van der Waals surface area contributed by atoms with Gasteiger partial charge in [-0.3, -0.25) is 9.36 Å². The van der Waals surface area contributed by atoms with Gasteiger partial charge in [0.2, 0.25) is 5.82 Å². The van der Waals surface area contributed by atoms with E-state index in [4.69, 9.17) is 5.73 Å². The van der Waals surface area contributed by atoms with E-state index in [1.54, 1.807) is 0 Å². The first kappa shape index (κ1) is 6.53. The maximum atomic E-state index is 10.6. The molecule has 0 bridgehead atoms. The molecule has 0 saturated heterocycles. The maximum Gasteiger partial charge on any atom is 0.343 e. The van der Waals surface area contributed by atoms with E-state index in [0.29, 0.717) is 0 Å². The molecule has 0 aliphatic rings. The highest BCUT2D eigenvalue weighted by Gasteiger charge is 2.08. The predicted molar refractivity (Wildman–Crippen MR) is 32.3 cm³/mol. The van der Waals surface area contributed by atoms with Gasteiger partial charge in [-0.15, -0.1) is 5.10 Å². The van der Waals surface area contributed by atoms with Crippen molar-refractivity contribution in [1.82, 2.24) is 14.8 Å². The Morgan fingerprint density at radius 1 is 1.80 bits per heavy atom. The molecule has 10 heavy (non-hydrogen) atoms. The summed E-state index contributed by atoms with van der Waals surface area (Å²) in [6, 6.07) is 0. The van der Waals surface area contributed by atoms with E-state index >= 15 is 0 Å². The lowest BCUT2D eigenvalue weighted by Gasteiger charge is -1.89. The van der Waals surface area contributed by atoms with E-state index in [2.05, 4.69) is 10.2 Å². The smallest absolute Gasteiger partial charge is 0.343 e. The van der Waals surface area contributed by atoms with Crippen LogP contribution in [0.5, 0.6) is 0 Å². The van der Waals surface area contributed by atoms with Crippen molar-refractivity contribution in [3.63, 3.8) is 0 Å². The van der Waals surface area contributed by atoms with Crippen molar-refractivity contribution in [2.24, 2.45) is 12.8 Å². The molecular formula is C4H6N4O2. The average Bonchev–Trinajstić information content (AvgIpc) is 2.14. The summed E-state index contributed by atoms with van der Waals surface area (Å²) in [5.74, 6) is -0.786. The van der Waals surface area contributed by atoms with Gasteiger partial charge in [0.15, 0.2) is 0 Å². The molecule has 0 aromatic carbocycles. The lowest BCUT2D eigenvalue weighted by Crippen LogP contribution is -2.21. The Balaban J connectivity index is 3.31. The van der Waals surface area contributed by atoms with Crippen LogP contribution < -0.4 is 11.4 Å². The molecule has 1 amide bonds. The largest absolute Gasteiger partial charge is 0.363 e. The van der Waals surface area contributed by atoms with Crippen LogP contribution in [0.2, 0.25) is 0 Å². The van der Waals surface area contributed by atoms with Gasteiger partial charge in [-0.25, -0.2) is 9.89 Å². The van der Waals surface area contributed by atoms with E-state index in [-0.39, 0.29) is 5.82 Å². The predicted octanol–water partition coefficient (Wildman–Crippen LogP) is -1.79. The molecule has 1 aromatic heterocycles. The number of primary amides is 1. The minimum absolute atomic E-state index is 0.0648. The molecule has 3 N–H and O–H groups in total. The van der Waals surface area contributed by atoms with Gasteiger partial charge in [-0.05, 0) is 0 Å². The molecular weight excluding hydrogens is 136 g/mol. The number of rotatable bonds is 1. The molecule has 0 spiro atoms. The van der Waals surface area contributed by atoms with Crippen LogP contribution in [0, 0.1) is 0 Å². The molecule has 0 saturated carbocycles. The Kier molecular flexibility index (Phi) is 1.29. The Morgan fingerprint density at radius 3 is 2.60 bits per heavy atom. The Morgan fingerprint density at radius 2 is 2.40 bits per heavy atom. The van der Waals surface area contributed by atoms with E-state index in [1.165, 1.54) is 7.05 Å². The third kappa shape index (κ3) is 0.790. The molecule has 0 radical (unpaired) electrons. The molecule has 1 heterocycles. The highest BCUT2D eigenvalue weighted by Crippen LogP contribution is 1.81. The molecule has 0 aliphatic carbocycles. The van der Waals surface area contributed by atoms with E-state index in [1.807, 2.05) is 0 Å². The molecule has 6 nitrogen and oxygen atoms in total. The zero-order valence-corrected chi connectivity index (χ0v) is 5.29. The van der Waals surface area contributed by atoms with Crippen LogP contribution in [0.25, 0.3) is 0 Å². The fourth-order valence-electron chi connectivity index (χ4n) is 0.567. The number of carbonyl (C=O) groups is 1. The number of amides is 1. The summed E-state index contributed by atoms with van der Waals surface area (Å²) < 4.78 is 1.04. The molecule has 0 fully saturated rings. The van der Waals surface area contributed by atoms with Crippen LogP contribution in [0.4, 0.5) is 0 Å². The first-order valence-electron chi connectivity index (χ1n) is 2.54. The van der Waals surface area contributed by atoms with E-state index < -0.39 is 11.6 Å². The number of aromatic amines is 1. The van der Waals surface area contributed by atoms with Gasteiger partial charge >= 0.3 is 5.69 Å². The number of carbonyl (C=O) groups excluding carboxylic acids is 1. The lowest BCUT2D eigenvalue weighted by atomic mass is 10.6. The maximum absolute atomic E-state index is 10.6. The topological polar surface area (TPSA) is 93.8 Å². The summed E-state index contributed by atoms with van der Waals surface area (Å²) in [6.45, 7) is 0. The van der Waals surface area contributed by atoms with Crippen molar-refractivity contribution >= 4 is 5.91 Å². The number of aromatic nitrogens is 3. The van der Waals surface area contributed by atoms with Gasteiger partial charge in [-0.1, -0.05) is 0 Å². The van der Waals surface area contributed by atoms with Gasteiger partial charge in [0.05, 0.1) is 0 Å². The van der Waals surface area contributed by atoms with Crippen LogP contribution >= 0.6 is 0 Å². The van der Waals surface area contributed by atoms with Crippen LogP contribution in [0.3, 0.4) is 0 Å². The summed E-state index contributed by atoms with van der Waals surface area (Å²) in [5, 5.41) is 5.44. The summed E-state index contributed by atoms with van der Waals surface area (Å²) in [7, 11) is 1.41. The third-order valence-electron chi connectivity index (χ3n) is 1.10. The summed E-state index contributed by atoms with van der Waals surface area (Å²) in [5.41, 5.74) is 4.40. The molecule has 1 aromatic rings.